The maximum atomic E-state index is 12.1. The highest BCUT2D eigenvalue weighted by Gasteiger charge is 2.20. The molecular formula is C18H21N7O4S. The van der Waals surface area contributed by atoms with E-state index in [1.165, 1.54) is 24.2 Å². The molecule has 0 aromatic carbocycles. The predicted octanol–water partition coefficient (Wildman–Crippen LogP) is 2.47. The number of carbonyl (C=O) groups is 1. The van der Waals surface area contributed by atoms with E-state index in [1.807, 2.05) is 6.26 Å². The van der Waals surface area contributed by atoms with Gasteiger partial charge in [-0.15, -0.1) is 0 Å². The highest BCUT2D eigenvalue weighted by molar-refractivity contribution is 7.98. The predicted molar refractivity (Wildman–Crippen MR) is 111 cm³/mol. The first kappa shape index (κ1) is 20.1. The lowest BCUT2D eigenvalue weighted by Gasteiger charge is -2.28. The first-order valence-electron chi connectivity index (χ1n) is 9.61. The summed E-state index contributed by atoms with van der Waals surface area (Å²) in [6.45, 7) is 2.59. The summed E-state index contributed by atoms with van der Waals surface area (Å²) in [6, 6.07) is 2.43. The topological polar surface area (TPSA) is 132 Å². The van der Waals surface area contributed by atoms with Crippen LogP contribution in [0, 0.1) is 10.1 Å². The zero-order chi connectivity index (χ0) is 21.1. The van der Waals surface area contributed by atoms with Crippen molar-refractivity contribution in [2.45, 2.75) is 31.0 Å². The molecule has 3 aromatic heterocycles. The minimum absolute atomic E-state index is 0.105. The first-order valence-corrected chi connectivity index (χ1v) is 10.8. The Kier molecular flexibility index (Phi) is 5.84. The Morgan fingerprint density at radius 3 is 2.80 bits per heavy atom. The van der Waals surface area contributed by atoms with Crippen LogP contribution in [0.1, 0.15) is 29.8 Å². The molecule has 1 N–H and O–H groups in total. The zero-order valence-electron chi connectivity index (χ0n) is 16.4. The van der Waals surface area contributed by atoms with Gasteiger partial charge < -0.3 is 14.6 Å². The van der Waals surface area contributed by atoms with Gasteiger partial charge in [0.25, 0.3) is 5.91 Å². The van der Waals surface area contributed by atoms with E-state index < -0.39 is 16.7 Å². The van der Waals surface area contributed by atoms with Gasteiger partial charge >= 0.3 is 5.88 Å². The second-order valence-corrected chi connectivity index (χ2v) is 7.61. The van der Waals surface area contributed by atoms with Crippen LogP contribution in [0.5, 0.6) is 0 Å². The summed E-state index contributed by atoms with van der Waals surface area (Å²) in [7, 11) is 0. The Labute approximate surface area is 176 Å². The number of furan rings is 1. The summed E-state index contributed by atoms with van der Waals surface area (Å²) < 4.78 is 6.65. The van der Waals surface area contributed by atoms with Crippen LogP contribution in [-0.4, -0.2) is 56.5 Å². The normalized spacial score (nSPS) is 14.2. The van der Waals surface area contributed by atoms with E-state index >= 15 is 0 Å². The van der Waals surface area contributed by atoms with Crippen molar-refractivity contribution in [2.75, 3.05) is 30.8 Å². The number of hydrogen-bond acceptors (Lipinski definition) is 9. The van der Waals surface area contributed by atoms with Gasteiger partial charge in [0.15, 0.2) is 16.6 Å². The molecule has 4 heterocycles. The lowest BCUT2D eigenvalue weighted by atomic mass is 10.1. The lowest BCUT2D eigenvalue weighted by Crippen LogP contribution is -2.30. The number of fused-ring (bicyclic) bond motifs is 1. The van der Waals surface area contributed by atoms with Crippen LogP contribution in [0.4, 0.5) is 11.7 Å². The summed E-state index contributed by atoms with van der Waals surface area (Å²) in [5, 5.41) is 19.4. The zero-order valence-corrected chi connectivity index (χ0v) is 17.2. The molecule has 0 saturated carbocycles. The number of anilines is 1. The van der Waals surface area contributed by atoms with Crippen LogP contribution in [0.3, 0.4) is 0 Å². The number of amides is 1. The fourth-order valence-corrected chi connectivity index (χ4v) is 3.79. The van der Waals surface area contributed by atoms with Crippen molar-refractivity contribution >= 4 is 40.4 Å². The van der Waals surface area contributed by atoms with Gasteiger partial charge in [0.2, 0.25) is 0 Å². The molecule has 0 atom stereocenters. The maximum absolute atomic E-state index is 12.1. The average molecular weight is 431 g/mol. The number of thioether (sulfide) groups is 1. The summed E-state index contributed by atoms with van der Waals surface area (Å²) in [6.07, 6.45) is 7.22. The lowest BCUT2D eigenvalue weighted by molar-refractivity contribution is -0.402. The smallest absolute Gasteiger partial charge is 0.395 e. The van der Waals surface area contributed by atoms with E-state index in [9.17, 15) is 14.9 Å². The summed E-state index contributed by atoms with van der Waals surface area (Å²) in [5.41, 5.74) is 0.720. The van der Waals surface area contributed by atoms with Crippen LogP contribution in [0.15, 0.2) is 27.9 Å². The van der Waals surface area contributed by atoms with E-state index in [0.29, 0.717) is 11.7 Å². The molecule has 12 heteroatoms. The van der Waals surface area contributed by atoms with Gasteiger partial charge in [-0.05, 0) is 31.6 Å². The van der Waals surface area contributed by atoms with Gasteiger partial charge in [-0.2, -0.15) is 5.10 Å². The first-order chi connectivity index (χ1) is 14.6. The van der Waals surface area contributed by atoms with Crippen molar-refractivity contribution in [1.82, 2.24) is 25.1 Å². The standard InChI is InChI=1S/C18H21N7O4S/c1-30-18-21-15(23-8-3-2-4-9-23)12-11-20-24(16(12)22-18)10-7-19-17(26)13-5-6-14(29-13)25(27)28/h5-6,11H,2-4,7-10H2,1H3,(H,19,26). The van der Waals surface area contributed by atoms with E-state index in [0.717, 1.165) is 48.8 Å². The van der Waals surface area contributed by atoms with Gasteiger partial charge in [-0.1, -0.05) is 11.8 Å². The van der Waals surface area contributed by atoms with E-state index in [4.69, 9.17) is 9.40 Å². The molecule has 1 saturated heterocycles. The van der Waals surface area contributed by atoms with Crippen molar-refractivity contribution in [3.8, 4) is 0 Å². The molecular weight excluding hydrogens is 410 g/mol. The molecule has 1 amide bonds. The van der Waals surface area contributed by atoms with Crippen LogP contribution < -0.4 is 10.2 Å². The Bertz CT molecular complexity index is 1070. The van der Waals surface area contributed by atoms with Crippen LogP contribution in [-0.2, 0) is 6.54 Å². The molecule has 30 heavy (non-hydrogen) atoms. The molecule has 4 rings (SSSR count). The summed E-state index contributed by atoms with van der Waals surface area (Å²) >= 11 is 1.48. The van der Waals surface area contributed by atoms with Crippen molar-refractivity contribution in [1.29, 1.82) is 0 Å². The fourth-order valence-electron chi connectivity index (χ4n) is 3.43. The molecule has 0 spiro atoms. The Hall–Kier alpha value is -3.15. The number of aromatic nitrogens is 4. The van der Waals surface area contributed by atoms with E-state index in [2.05, 4.69) is 20.3 Å². The highest BCUT2D eigenvalue weighted by Crippen LogP contribution is 2.28. The van der Waals surface area contributed by atoms with Crippen molar-refractivity contribution in [2.24, 2.45) is 0 Å². The van der Waals surface area contributed by atoms with Crippen molar-refractivity contribution in [3.05, 3.63) is 34.2 Å². The average Bonchev–Trinajstić information content (AvgIpc) is 3.41. The number of nitrogens with zero attached hydrogens (tertiary/aromatic N) is 6. The maximum Gasteiger partial charge on any atom is 0.433 e. The number of piperidine rings is 1. The second-order valence-electron chi connectivity index (χ2n) is 6.84. The van der Waals surface area contributed by atoms with E-state index in [-0.39, 0.29) is 12.3 Å². The molecule has 1 fully saturated rings. The van der Waals surface area contributed by atoms with Gasteiger partial charge in [0, 0.05) is 19.6 Å². The van der Waals surface area contributed by atoms with E-state index in [1.54, 1.807) is 10.9 Å². The van der Waals surface area contributed by atoms with Gasteiger partial charge in [-0.3, -0.25) is 14.9 Å². The van der Waals surface area contributed by atoms with Crippen LogP contribution >= 0.6 is 11.8 Å². The third-order valence-corrected chi connectivity index (χ3v) is 5.45. The Morgan fingerprint density at radius 1 is 1.30 bits per heavy atom. The third-order valence-electron chi connectivity index (χ3n) is 4.90. The summed E-state index contributed by atoms with van der Waals surface area (Å²) in [4.78, 5) is 33.7. The van der Waals surface area contributed by atoms with Gasteiger partial charge in [0.1, 0.15) is 10.7 Å². The SMILES string of the molecule is CSc1nc(N2CCCCC2)c2cnn(CCNC(=O)c3ccc([N+](=O)[O-])o3)c2n1. The van der Waals surface area contributed by atoms with Gasteiger partial charge in [-0.25, -0.2) is 14.6 Å². The number of hydrogen-bond donors (Lipinski definition) is 1. The monoisotopic (exact) mass is 431 g/mol. The number of rotatable bonds is 7. The van der Waals surface area contributed by atoms with Gasteiger partial charge in [0.05, 0.1) is 24.2 Å². The quantitative estimate of drug-likeness (QED) is 0.259. The molecule has 0 unspecified atom stereocenters. The van der Waals surface area contributed by atoms with Crippen LogP contribution in [0.25, 0.3) is 11.0 Å². The fraction of sp³-hybridized carbons (Fsp3) is 0.444. The molecule has 1 aliphatic rings. The number of carbonyl (C=O) groups excluding carboxylic acids is 1. The minimum atomic E-state index is -0.685. The molecule has 3 aromatic rings. The molecule has 1 aliphatic heterocycles. The second kappa shape index (κ2) is 8.69. The Balaban J connectivity index is 1.48. The number of nitro groups is 1. The highest BCUT2D eigenvalue weighted by atomic mass is 32.2. The van der Waals surface area contributed by atoms with Crippen LogP contribution in [0.2, 0.25) is 0 Å². The third kappa shape index (κ3) is 4.08. The van der Waals surface area contributed by atoms with Crippen molar-refractivity contribution in [3.63, 3.8) is 0 Å². The molecule has 158 valence electrons. The molecule has 11 nitrogen and oxygen atoms in total. The minimum Gasteiger partial charge on any atom is -0.395 e. The molecule has 0 aliphatic carbocycles. The number of nitrogens with one attached hydrogen (secondary N) is 1. The van der Waals surface area contributed by atoms with Crippen molar-refractivity contribution < 1.29 is 14.1 Å². The molecule has 0 radical (unpaired) electrons. The Morgan fingerprint density at radius 2 is 2.10 bits per heavy atom. The molecule has 0 bridgehead atoms. The largest absolute Gasteiger partial charge is 0.433 e. The summed E-state index contributed by atoms with van der Waals surface area (Å²) in [5.74, 6) is -0.189.